The van der Waals surface area contributed by atoms with Crippen molar-refractivity contribution >= 4 is 23.0 Å². The zero-order chi connectivity index (χ0) is 21.1. The van der Waals surface area contributed by atoms with Gasteiger partial charge in [0.1, 0.15) is 11.2 Å². The molecule has 152 valence electrons. The summed E-state index contributed by atoms with van der Waals surface area (Å²) >= 11 is 0. The molecule has 2 N–H and O–H groups in total. The van der Waals surface area contributed by atoms with E-state index in [2.05, 4.69) is 20.4 Å². The second kappa shape index (κ2) is 8.16. The highest BCUT2D eigenvalue weighted by molar-refractivity contribution is 5.79. The maximum atomic E-state index is 13.2. The molecule has 0 saturated heterocycles. The number of anilines is 1. The lowest BCUT2D eigenvalue weighted by Gasteiger charge is -2.16. The van der Waals surface area contributed by atoms with E-state index < -0.39 is 17.7 Å². The number of fused-ring (bicyclic) bond motifs is 1. The lowest BCUT2D eigenvalue weighted by atomic mass is 9.99. The molecule has 0 radical (unpaired) electrons. The Kier molecular flexibility index (Phi) is 5.25. The first-order valence-electron chi connectivity index (χ1n) is 9.17. The van der Waals surface area contributed by atoms with Gasteiger partial charge in [0.2, 0.25) is 5.95 Å². The third-order valence-corrected chi connectivity index (χ3v) is 4.67. The van der Waals surface area contributed by atoms with Crippen LogP contribution in [0.25, 0.3) is 16.7 Å². The number of esters is 1. The van der Waals surface area contributed by atoms with Crippen molar-refractivity contribution in [2.75, 3.05) is 19.0 Å². The SMILES string of the molecule is COC(=O)C(CNc1nc2c(cnn2-c2ccccc2)c(=O)[nH]1)c1ccc(F)cc1. The Balaban J connectivity index is 1.65. The normalized spacial score (nSPS) is 11.9. The smallest absolute Gasteiger partial charge is 0.314 e. The number of aromatic amines is 1. The van der Waals surface area contributed by atoms with Gasteiger partial charge in [-0.3, -0.25) is 14.6 Å². The van der Waals surface area contributed by atoms with Crippen molar-refractivity contribution in [3.63, 3.8) is 0 Å². The summed E-state index contributed by atoms with van der Waals surface area (Å²) in [6.45, 7) is 0.0895. The van der Waals surface area contributed by atoms with E-state index >= 15 is 0 Å². The Hall–Kier alpha value is -4.01. The van der Waals surface area contributed by atoms with Gasteiger partial charge in [-0.1, -0.05) is 30.3 Å². The summed E-state index contributed by atoms with van der Waals surface area (Å²) in [7, 11) is 1.28. The zero-order valence-electron chi connectivity index (χ0n) is 16.0. The Morgan fingerprint density at radius 2 is 1.93 bits per heavy atom. The number of halogens is 1. The molecule has 1 atom stereocenters. The Morgan fingerprint density at radius 3 is 2.63 bits per heavy atom. The number of ether oxygens (including phenoxy) is 1. The van der Waals surface area contributed by atoms with Crippen LogP contribution in [0.4, 0.5) is 10.3 Å². The van der Waals surface area contributed by atoms with E-state index in [1.807, 2.05) is 30.3 Å². The molecule has 0 saturated carbocycles. The minimum Gasteiger partial charge on any atom is -0.468 e. The van der Waals surface area contributed by atoms with E-state index in [1.54, 1.807) is 4.68 Å². The minimum atomic E-state index is -0.712. The number of para-hydroxylation sites is 1. The molecule has 2 aromatic heterocycles. The highest BCUT2D eigenvalue weighted by Gasteiger charge is 2.22. The van der Waals surface area contributed by atoms with E-state index in [-0.39, 0.29) is 18.1 Å². The van der Waals surface area contributed by atoms with Crippen LogP contribution in [0.1, 0.15) is 11.5 Å². The number of rotatable bonds is 6. The van der Waals surface area contributed by atoms with Crippen LogP contribution in [0.15, 0.2) is 65.6 Å². The number of hydrogen-bond acceptors (Lipinski definition) is 6. The van der Waals surface area contributed by atoms with Crippen molar-refractivity contribution in [1.82, 2.24) is 19.7 Å². The maximum Gasteiger partial charge on any atom is 0.314 e. The predicted octanol–water partition coefficient (Wildman–Crippen LogP) is 2.62. The molecule has 0 spiro atoms. The van der Waals surface area contributed by atoms with E-state index in [1.165, 1.54) is 37.6 Å². The molecular weight excluding hydrogens is 389 g/mol. The number of methoxy groups -OCH3 is 1. The number of aromatic nitrogens is 4. The average molecular weight is 407 g/mol. The zero-order valence-corrected chi connectivity index (χ0v) is 16.0. The summed E-state index contributed by atoms with van der Waals surface area (Å²) in [4.78, 5) is 31.8. The first kappa shape index (κ1) is 19.3. The van der Waals surface area contributed by atoms with Crippen LogP contribution < -0.4 is 10.9 Å². The van der Waals surface area contributed by atoms with Gasteiger partial charge in [-0.2, -0.15) is 10.1 Å². The summed E-state index contributed by atoms with van der Waals surface area (Å²) in [5.41, 5.74) is 1.36. The van der Waals surface area contributed by atoms with Crippen LogP contribution in [0.5, 0.6) is 0 Å². The van der Waals surface area contributed by atoms with Crippen molar-refractivity contribution in [2.45, 2.75) is 5.92 Å². The van der Waals surface area contributed by atoms with Crippen molar-refractivity contribution in [3.05, 3.63) is 82.5 Å². The van der Waals surface area contributed by atoms with Crippen molar-refractivity contribution in [2.24, 2.45) is 0 Å². The number of nitrogens with one attached hydrogen (secondary N) is 2. The molecular formula is C21H18FN5O3. The predicted molar refractivity (Wildman–Crippen MR) is 109 cm³/mol. The molecule has 0 bridgehead atoms. The Bertz CT molecular complexity index is 1240. The lowest BCUT2D eigenvalue weighted by Crippen LogP contribution is -2.24. The lowest BCUT2D eigenvalue weighted by molar-refractivity contribution is -0.142. The highest BCUT2D eigenvalue weighted by Crippen LogP contribution is 2.19. The second-order valence-corrected chi connectivity index (χ2v) is 6.55. The van der Waals surface area contributed by atoms with Gasteiger partial charge in [-0.25, -0.2) is 9.07 Å². The molecule has 9 heteroatoms. The van der Waals surface area contributed by atoms with Crippen LogP contribution in [0, 0.1) is 5.82 Å². The number of hydrogen-bond donors (Lipinski definition) is 2. The molecule has 0 amide bonds. The van der Waals surface area contributed by atoms with Crippen molar-refractivity contribution in [3.8, 4) is 5.69 Å². The molecule has 30 heavy (non-hydrogen) atoms. The summed E-state index contributed by atoms with van der Waals surface area (Å²) < 4.78 is 19.7. The van der Waals surface area contributed by atoms with Crippen LogP contribution in [0.3, 0.4) is 0 Å². The summed E-state index contributed by atoms with van der Waals surface area (Å²) in [6, 6.07) is 14.9. The van der Waals surface area contributed by atoms with Gasteiger partial charge in [0.05, 0.1) is 24.9 Å². The molecule has 4 rings (SSSR count). The van der Waals surface area contributed by atoms with E-state index in [9.17, 15) is 14.0 Å². The van der Waals surface area contributed by atoms with Gasteiger partial charge >= 0.3 is 5.97 Å². The summed E-state index contributed by atoms with van der Waals surface area (Å²) in [6.07, 6.45) is 1.45. The van der Waals surface area contributed by atoms with Crippen LogP contribution in [-0.4, -0.2) is 39.4 Å². The fraction of sp³-hybridized carbons (Fsp3) is 0.143. The third-order valence-electron chi connectivity index (χ3n) is 4.67. The molecule has 0 fully saturated rings. The fourth-order valence-corrected chi connectivity index (χ4v) is 3.13. The van der Waals surface area contributed by atoms with E-state index in [0.717, 1.165) is 5.69 Å². The monoisotopic (exact) mass is 407 g/mol. The molecule has 1 unspecified atom stereocenters. The molecule has 4 aromatic rings. The first-order chi connectivity index (χ1) is 14.6. The topological polar surface area (TPSA) is 102 Å². The number of nitrogens with zero attached hydrogens (tertiary/aromatic N) is 3. The molecule has 2 heterocycles. The van der Waals surface area contributed by atoms with Gasteiger partial charge in [-0.05, 0) is 29.8 Å². The molecule has 0 aliphatic carbocycles. The number of H-pyrrole nitrogens is 1. The minimum absolute atomic E-state index is 0.0895. The number of carbonyl (C=O) groups is 1. The molecule has 2 aromatic carbocycles. The van der Waals surface area contributed by atoms with E-state index in [0.29, 0.717) is 16.6 Å². The number of carbonyl (C=O) groups excluding carboxylic acids is 1. The fourth-order valence-electron chi connectivity index (χ4n) is 3.13. The molecule has 0 aliphatic heterocycles. The standard InChI is InChI=1S/C21H18FN5O3/c1-30-20(29)16(13-7-9-14(22)10-8-13)11-23-21-25-18-17(19(28)26-21)12-24-27(18)15-5-3-2-4-6-15/h2-10,12,16H,11H2,1H3,(H2,23,25,26,28). The van der Waals surface area contributed by atoms with Crippen molar-refractivity contribution < 1.29 is 13.9 Å². The number of benzene rings is 2. The average Bonchev–Trinajstić information content (AvgIpc) is 3.20. The Morgan fingerprint density at radius 1 is 1.20 bits per heavy atom. The van der Waals surface area contributed by atoms with Gasteiger partial charge < -0.3 is 10.1 Å². The molecule has 0 aliphatic rings. The van der Waals surface area contributed by atoms with Crippen molar-refractivity contribution in [1.29, 1.82) is 0 Å². The molecule has 8 nitrogen and oxygen atoms in total. The summed E-state index contributed by atoms with van der Waals surface area (Å²) in [5.74, 6) is -1.43. The summed E-state index contributed by atoms with van der Waals surface area (Å²) in [5, 5.41) is 7.57. The Labute approximate surface area is 170 Å². The largest absolute Gasteiger partial charge is 0.468 e. The quantitative estimate of drug-likeness (QED) is 0.477. The van der Waals surface area contributed by atoms with Crippen LogP contribution >= 0.6 is 0 Å². The van der Waals surface area contributed by atoms with Gasteiger partial charge in [-0.15, -0.1) is 0 Å². The second-order valence-electron chi connectivity index (χ2n) is 6.55. The maximum absolute atomic E-state index is 13.2. The first-order valence-corrected chi connectivity index (χ1v) is 9.17. The van der Waals surface area contributed by atoms with Gasteiger partial charge in [0, 0.05) is 6.54 Å². The highest BCUT2D eigenvalue weighted by atomic mass is 19.1. The van der Waals surface area contributed by atoms with Crippen LogP contribution in [0.2, 0.25) is 0 Å². The third kappa shape index (κ3) is 3.77. The van der Waals surface area contributed by atoms with Gasteiger partial charge in [0.15, 0.2) is 5.65 Å². The van der Waals surface area contributed by atoms with Gasteiger partial charge in [0.25, 0.3) is 5.56 Å². The van der Waals surface area contributed by atoms with Crippen LogP contribution in [-0.2, 0) is 9.53 Å². The van der Waals surface area contributed by atoms with E-state index in [4.69, 9.17) is 4.74 Å².